The summed E-state index contributed by atoms with van der Waals surface area (Å²) in [5.74, 6) is 0. The summed E-state index contributed by atoms with van der Waals surface area (Å²) in [4.78, 5) is 16.1. The summed E-state index contributed by atoms with van der Waals surface area (Å²) in [7, 11) is 0. The molecule has 8 heteroatoms. The van der Waals surface area contributed by atoms with E-state index in [4.69, 9.17) is 4.74 Å². The summed E-state index contributed by atoms with van der Waals surface area (Å²) >= 11 is 0. The number of hydrogen-bond acceptors (Lipinski definition) is 5. The first-order valence-corrected chi connectivity index (χ1v) is 4.70. The predicted octanol–water partition coefficient (Wildman–Crippen LogP) is 1.67. The third-order valence-corrected chi connectivity index (χ3v) is 2.33. The molecule has 1 aliphatic rings. The Morgan fingerprint density at radius 2 is 2.00 bits per heavy atom. The van der Waals surface area contributed by atoms with E-state index in [2.05, 4.69) is 4.98 Å². The maximum atomic E-state index is 10.8. The molecule has 1 saturated heterocycles. The molecule has 96 valence electrons. The highest BCUT2D eigenvalue weighted by molar-refractivity contribution is 5.85. The van der Waals surface area contributed by atoms with Crippen LogP contribution in [0, 0.1) is 10.1 Å². The Kier molecular flexibility index (Phi) is 6.79. The van der Waals surface area contributed by atoms with Crippen LogP contribution in [0.15, 0.2) is 18.5 Å². The lowest BCUT2D eigenvalue weighted by atomic mass is 10.3. The number of halogens is 2. The van der Waals surface area contributed by atoms with E-state index >= 15 is 0 Å². The standard InChI is InChI=1S/C9H11N3O3.2ClH/c13-12(14)9-7-10-2-1-8(9)11-3-5-15-6-4-11;;/h1-2,7H,3-6H2;2*1H. The van der Waals surface area contributed by atoms with Crippen LogP contribution in [-0.4, -0.2) is 36.2 Å². The molecule has 0 saturated carbocycles. The molecule has 0 unspecified atom stereocenters. The van der Waals surface area contributed by atoms with Crippen LogP contribution in [0.3, 0.4) is 0 Å². The number of rotatable bonds is 2. The highest BCUT2D eigenvalue weighted by Crippen LogP contribution is 2.26. The number of pyridine rings is 1. The van der Waals surface area contributed by atoms with E-state index in [1.807, 2.05) is 4.90 Å². The predicted molar refractivity (Wildman–Crippen MR) is 68.4 cm³/mol. The number of morpholine rings is 1. The smallest absolute Gasteiger partial charge is 0.310 e. The van der Waals surface area contributed by atoms with Gasteiger partial charge < -0.3 is 9.64 Å². The molecule has 2 heterocycles. The van der Waals surface area contributed by atoms with Crippen LogP contribution >= 0.6 is 24.8 Å². The molecule has 1 aromatic rings. The first-order chi connectivity index (χ1) is 7.29. The second-order valence-corrected chi connectivity index (χ2v) is 3.22. The number of aromatic nitrogens is 1. The molecule has 1 aliphatic heterocycles. The molecule has 1 fully saturated rings. The van der Waals surface area contributed by atoms with E-state index in [0.717, 1.165) is 0 Å². The fraction of sp³-hybridized carbons (Fsp3) is 0.444. The molecule has 0 N–H and O–H groups in total. The van der Waals surface area contributed by atoms with Gasteiger partial charge >= 0.3 is 5.69 Å². The van der Waals surface area contributed by atoms with Crippen LogP contribution in [0.4, 0.5) is 11.4 Å². The quantitative estimate of drug-likeness (QED) is 0.609. The molecule has 0 bridgehead atoms. The molecule has 0 aliphatic carbocycles. The Balaban J connectivity index is 0.00000128. The highest BCUT2D eigenvalue weighted by atomic mass is 35.5. The number of nitrogens with zero attached hydrogens (tertiary/aromatic N) is 3. The SMILES string of the molecule is Cl.Cl.O=[N+]([O-])c1cnccc1N1CCOCC1. The van der Waals surface area contributed by atoms with Crippen molar-refractivity contribution in [2.24, 2.45) is 0 Å². The monoisotopic (exact) mass is 281 g/mol. The molecule has 1 aromatic heterocycles. The first-order valence-electron chi connectivity index (χ1n) is 4.70. The van der Waals surface area contributed by atoms with E-state index in [0.29, 0.717) is 32.0 Å². The van der Waals surface area contributed by atoms with Gasteiger partial charge in [0.05, 0.1) is 18.1 Å². The van der Waals surface area contributed by atoms with Crippen molar-refractivity contribution in [2.75, 3.05) is 31.2 Å². The van der Waals surface area contributed by atoms with Crippen molar-refractivity contribution in [2.45, 2.75) is 0 Å². The zero-order valence-electron chi connectivity index (χ0n) is 8.94. The maximum Gasteiger partial charge on any atom is 0.310 e. The fourth-order valence-electron chi connectivity index (χ4n) is 1.59. The summed E-state index contributed by atoms with van der Waals surface area (Å²) in [6, 6.07) is 1.67. The van der Waals surface area contributed by atoms with Crippen LogP contribution in [0.25, 0.3) is 0 Å². The van der Waals surface area contributed by atoms with Gasteiger partial charge in [0, 0.05) is 19.3 Å². The van der Waals surface area contributed by atoms with Crippen LogP contribution < -0.4 is 4.90 Å². The van der Waals surface area contributed by atoms with Gasteiger partial charge in [0.1, 0.15) is 11.9 Å². The summed E-state index contributed by atoms with van der Waals surface area (Å²) in [5, 5.41) is 10.8. The number of nitro groups is 1. The van der Waals surface area contributed by atoms with Crippen molar-refractivity contribution >= 4 is 36.2 Å². The fourth-order valence-corrected chi connectivity index (χ4v) is 1.59. The second-order valence-electron chi connectivity index (χ2n) is 3.22. The van der Waals surface area contributed by atoms with Gasteiger partial charge in [0.2, 0.25) is 0 Å². The Labute approximate surface area is 111 Å². The maximum absolute atomic E-state index is 10.8. The van der Waals surface area contributed by atoms with Crippen molar-refractivity contribution in [1.82, 2.24) is 4.98 Å². The molecule has 0 aromatic carbocycles. The summed E-state index contributed by atoms with van der Waals surface area (Å²) < 4.78 is 5.19. The normalized spacial score (nSPS) is 14.5. The first kappa shape index (κ1) is 15.9. The van der Waals surface area contributed by atoms with E-state index in [1.165, 1.54) is 6.20 Å². The number of ether oxygens (including phenoxy) is 1. The minimum atomic E-state index is -0.405. The van der Waals surface area contributed by atoms with Crippen molar-refractivity contribution in [3.63, 3.8) is 0 Å². The third kappa shape index (κ3) is 3.69. The van der Waals surface area contributed by atoms with Crippen molar-refractivity contribution in [3.05, 3.63) is 28.6 Å². The molecule has 6 nitrogen and oxygen atoms in total. The van der Waals surface area contributed by atoms with Crippen LogP contribution in [0.5, 0.6) is 0 Å². The lowest BCUT2D eigenvalue weighted by molar-refractivity contribution is -0.384. The van der Waals surface area contributed by atoms with Gasteiger partial charge in [-0.05, 0) is 6.07 Å². The van der Waals surface area contributed by atoms with E-state index in [-0.39, 0.29) is 30.5 Å². The van der Waals surface area contributed by atoms with Gasteiger partial charge in [0.15, 0.2) is 0 Å². The van der Waals surface area contributed by atoms with Gasteiger partial charge in [-0.3, -0.25) is 15.1 Å². The third-order valence-electron chi connectivity index (χ3n) is 2.33. The van der Waals surface area contributed by atoms with Crippen LogP contribution in [0.2, 0.25) is 0 Å². The molecule has 0 amide bonds. The summed E-state index contributed by atoms with van der Waals surface area (Å²) in [5.41, 5.74) is 0.678. The van der Waals surface area contributed by atoms with Crippen LogP contribution in [0.1, 0.15) is 0 Å². The van der Waals surface area contributed by atoms with Crippen molar-refractivity contribution in [3.8, 4) is 0 Å². The minimum Gasteiger partial charge on any atom is -0.378 e. The molecular formula is C9H13Cl2N3O3. The molecule has 0 spiro atoms. The highest BCUT2D eigenvalue weighted by Gasteiger charge is 2.20. The molecular weight excluding hydrogens is 269 g/mol. The molecule has 2 rings (SSSR count). The van der Waals surface area contributed by atoms with E-state index in [1.54, 1.807) is 12.3 Å². The number of hydrogen-bond donors (Lipinski definition) is 0. The molecule has 17 heavy (non-hydrogen) atoms. The zero-order chi connectivity index (χ0) is 10.7. The minimum absolute atomic E-state index is 0. The number of anilines is 1. The average Bonchev–Trinajstić information content (AvgIpc) is 2.30. The molecule has 0 radical (unpaired) electrons. The zero-order valence-corrected chi connectivity index (χ0v) is 10.6. The topological polar surface area (TPSA) is 68.5 Å². The van der Waals surface area contributed by atoms with Gasteiger partial charge in [-0.25, -0.2) is 0 Å². The molecule has 0 atom stereocenters. The summed E-state index contributed by atoms with van der Waals surface area (Å²) in [6.45, 7) is 2.59. The largest absolute Gasteiger partial charge is 0.378 e. The Hall–Kier alpha value is -1.11. The second kappa shape index (κ2) is 7.26. The summed E-state index contributed by atoms with van der Waals surface area (Å²) in [6.07, 6.45) is 2.85. The van der Waals surface area contributed by atoms with Gasteiger partial charge in [-0.15, -0.1) is 24.8 Å². The van der Waals surface area contributed by atoms with Crippen LogP contribution in [-0.2, 0) is 4.74 Å². The Morgan fingerprint density at radius 1 is 1.35 bits per heavy atom. The van der Waals surface area contributed by atoms with Gasteiger partial charge in [-0.1, -0.05) is 0 Å². The lowest BCUT2D eigenvalue weighted by Gasteiger charge is -2.28. The van der Waals surface area contributed by atoms with Crippen molar-refractivity contribution in [1.29, 1.82) is 0 Å². The van der Waals surface area contributed by atoms with Gasteiger partial charge in [0.25, 0.3) is 0 Å². The van der Waals surface area contributed by atoms with Crippen molar-refractivity contribution < 1.29 is 9.66 Å². The Morgan fingerprint density at radius 3 is 2.59 bits per heavy atom. The Bertz CT molecular complexity index is 372. The average molecular weight is 282 g/mol. The van der Waals surface area contributed by atoms with Gasteiger partial charge in [-0.2, -0.15) is 0 Å². The van der Waals surface area contributed by atoms with E-state index < -0.39 is 4.92 Å². The van der Waals surface area contributed by atoms with E-state index in [9.17, 15) is 10.1 Å². The lowest BCUT2D eigenvalue weighted by Crippen LogP contribution is -2.36.